The molecular weight excluding hydrogens is 328 g/mol. The lowest BCUT2D eigenvalue weighted by atomic mass is 10.0. The first kappa shape index (κ1) is 25.6. The van der Waals surface area contributed by atoms with Crippen molar-refractivity contribution in [1.82, 2.24) is 0 Å². The molecule has 0 radical (unpaired) electrons. The first-order valence-corrected chi connectivity index (χ1v) is 10.1. The summed E-state index contributed by atoms with van der Waals surface area (Å²) in [6, 6.07) is 0. The Balaban J connectivity index is 4.30. The Labute approximate surface area is 162 Å². The van der Waals surface area contributed by atoms with Crippen LogP contribution in [0.3, 0.4) is 0 Å². The van der Waals surface area contributed by atoms with Crippen LogP contribution >= 0.6 is 0 Å². The fraction of sp³-hybridized carbons (Fsp3) is 0.909. The highest BCUT2D eigenvalue weighted by Crippen LogP contribution is 2.22. The number of ether oxygens (including phenoxy) is 4. The van der Waals surface area contributed by atoms with Gasteiger partial charge in [-0.05, 0) is 81.1 Å². The molecule has 0 fully saturated rings. The topological polar surface area (TPSA) is 36.9 Å². The van der Waals surface area contributed by atoms with E-state index in [9.17, 15) is 0 Å². The monoisotopic (exact) mass is 372 g/mol. The van der Waals surface area contributed by atoms with E-state index in [0.29, 0.717) is 13.2 Å². The summed E-state index contributed by atoms with van der Waals surface area (Å²) in [4.78, 5) is 0. The predicted octanol–water partition coefficient (Wildman–Crippen LogP) is 5.54. The summed E-state index contributed by atoms with van der Waals surface area (Å²) < 4.78 is 23.7. The highest BCUT2D eigenvalue weighted by atomic mass is 16.5. The van der Waals surface area contributed by atoms with E-state index in [1.165, 1.54) is 0 Å². The van der Waals surface area contributed by atoms with Gasteiger partial charge in [0.25, 0.3) is 0 Å². The second kappa shape index (κ2) is 12.9. The van der Waals surface area contributed by atoms with E-state index in [-0.39, 0.29) is 29.5 Å². The average Bonchev–Trinajstić information content (AvgIpc) is 2.45. The summed E-state index contributed by atoms with van der Waals surface area (Å²) in [6.45, 7) is 22.7. The van der Waals surface area contributed by atoms with Gasteiger partial charge in [-0.1, -0.05) is 6.08 Å². The zero-order chi connectivity index (χ0) is 20.2. The molecule has 0 bridgehead atoms. The summed E-state index contributed by atoms with van der Waals surface area (Å²) in [6.07, 6.45) is 6.00. The van der Waals surface area contributed by atoms with Gasteiger partial charge in [0.05, 0.1) is 29.5 Å². The highest BCUT2D eigenvalue weighted by Gasteiger charge is 2.24. The Morgan fingerprint density at radius 2 is 1.31 bits per heavy atom. The minimum Gasteiger partial charge on any atom is -0.379 e. The first-order chi connectivity index (χ1) is 12.0. The van der Waals surface area contributed by atoms with Crippen LogP contribution in [0.5, 0.6) is 0 Å². The van der Waals surface area contributed by atoms with Crippen molar-refractivity contribution in [1.29, 1.82) is 0 Å². The second-order valence-electron chi connectivity index (χ2n) is 8.76. The van der Waals surface area contributed by atoms with Crippen LogP contribution in [0.1, 0.15) is 81.1 Å². The summed E-state index contributed by atoms with van der Waals surface area (Å²) in [5.74, 6) is 0. The van der Waals surface area contributed by atoms with E-state index in [0.717, 1.165) is 32.3 Å². The number of rotatable bonds is 16. The molecule has 0 aliphatic rings. The lowest BCUT2D eigenvalue weighted by molar-refractivity contribution is -0.108. The van der Waals surface area contributed by atoms with Crippen molar-refractivity contribution in [3.63, 3.8) is 0 Å². The summed E-state index contributed by atoms with van der Waals surface area (Å²) in [5, 5.41) is 0. The van der Waals surface area contributed by atoms with Crippen LogP contribution in [-0.4, -0.2) is 49.3 Å². The third-order valence-corrected chi connectivity index (χ3v) is 4.16. The van der Waals surface area contributed by atoms with Crippen LogP contribution in [-0.2, 0) is 18.9 Å². The van der Waals surface area contributed by atoms with Crippen molar-refractivity contribution in [2.75, 3.05) is 19.8 Å². The van der Waals surface area contributed by atoms with Gasteiger partial charge < -0.3 is 18.9 Å². The van der Waals surface area contributed by atoms with Crippen molar-refractivity contribution in [3.05, 3.63) is 12.7 Å². The van der Waals surface area contributed by atoms with Gasteiger partial charge in [-0.3, -0.25) is 0 Å². The molecule has 0 aliphatic heterocycles. The highest BCUT2D eigenvalue weighted by molar-refractivity contribution is 4.79. The van der Waals surface area contributed by atoms with E-state index >= 15 is 0 Å². The van der Waals surface area contributed by atoms with Gasteiger partial charge in [-0.15, -0.1) is 6.58 Å². The van der Waals surface area contributed by atoms with E-state index in [4.69, 9.17) is 18.9 Å². The van der Waals surface area contributed by atoms with Crippen molar-refractivity contribution in [2.24, 2.45) is 0 Å². The van der Waals surface area contributed by atoms with Crippen molar-refractivity contribution < 1.29 is 18.9 Å². The zero-order valence-electron chi connectivity index (χ0n) is 18.6. The summed E-state index contributed by atoms with van der Waals surface area (Å²) in [5.41, 5.74) is -0.405. The standard InChI is InChI=1S/C22H44O4/c1-10-11-20(26-22(8,9)14-17-24-19(4)5)12-15-25-21(6,7)13-16-23-18(2)3/h10,18-20H,1,11-17H2,2-9H3. The van der Waals surface area contributed by atoms with Crippen LogP contribution < -0.4 is 0 Å². The fourth-order valence-electron chi connectivity index (χ4n) is 2.54. The quantitative estimate of drug-likeness (QED) is 0.333. The lowest BCUT2D eigenvalue weighted by Gasteiger charge is -2.32. The third-order valence-electron chi connectivity index (χ3n) is 4.16. The molecule has 26 heavy (non-hydrogen) atoms. The molecule has 0 aromatic heterocycles. The van der Waals surface area contributed by atoms with E-state index in [1.54, 1.807) is 0 Å². The van der Waals surface area contributed by atoms with Crippen LogP contribution in [0.2, 0.25) is 0 Å². The summed E-state index contributed by atoms with van der Waals surface area (Å²) >= 11 is 0. The molecule has 4 heteroatoms. The van der Waals surface area contributed by atoms with Gasteiger partial charge in [0.1, 0.15) is 0 Å². The first-order valence-electron chi connectivity index (χ1n) is 10.1. The van der Waals surface area contributed by atoms with Crippen molar-refractivity contribution >= 4 is 0 Å². The van der Waals surface area contributed by atoms with Gasteiger partial charge in [0, 0.05) is 19.8 Å². The third kappa shape index (κ3) is 14.7. The SMILES string of the molecule is C=CCC(CCOC(C)(C)CCOC(C)C)OC(C)(C)CCOC(C)C. The molecule has 1 unspecified atom stereocenters. The molecule has 0 spiro atoms. The molecule has 0 saturated heterocycles. The predicted molar refractivity (Wildman–Crippen MR) is 110 cm³/mol. The molecule has 0 aromatic carbocycles. The molecule has 4 nitrogen and oxygen atoms in total. The molecular formula is C22H44O4. The van der Waals surface area contributed by atoms with E-state index in [2.05, 4.69) is 62.0 Å². The maximum absolute atomic E-state index is 6.33. The van der Waals surface area contributed by atoms with Gasteiger partial charge in [-0.25, -0.2) is 0 Å². The van der Waals surface area contributed by atoms with Gasteiger partial charge >= 0.3 is 0 Å². The van der Waals surface area contributed by atoms with Crippen LogP contribution in [0.4, 0.5) is 0 Å². The molecule has 0 N–H and O–H groups in total. The minimum atomic E-state index is -0.219. The maximum Gasteiger partial charge on any atom is 0.0652 e. The Bertz CT molecular complexity index is 361. The second-order valence-corrected chi connectivity index (χ2v) is 8.76. The number of hydrogen-bond acceptors (Lipinski definition) is 4. The van der Waals surface area contributed by atoms with E-state index < -0.39 is 0 Å². The Morgan fingerprint density at radius 3 is 1.77 bits per heavy atom. The van der Waals surface area contributed by atoms with E-state index in [1.807, 2.05) is 6.08 Å². The molecule has 0 amide bonds. The van der Waals surface area contributed by atoms with Crippen LogP contribution in [0.15, 0.2) is 12.7 Å². The lowest BCUT2D eigenvalue weighted by Crippen LogP contribution is -2.34. The van der Waals surface area contributed by atoms with Gasteiger partial charge in [0.15, 0.2) is 0 Å². The average molecular weight is 373 g/mol. The fourth-order valence-corrected chi connectivity index (χ4v) is 2.54. The van der Waals surface area contributed by atoms with Crippen molar-refractivity contribution in [2.45, 2.75) is 111 Å². The van der Waals surface area contributed by atoms with Gasteiger partial charge in [-0.2, -0.15) is 0 Å². The molecule has 0 heterocycles. The Kier molecular flexibility index (Phi) is 12.7. The van der Waals surface area contributed by atoms with Crippen LogP contribution in [0, 0.1) is 0 Å². The molecule has 156 valence electrons. The molecule has 1 atom stereocenters. The molecule has 0 aliphatic carbocycles. The van der Waals surface area contributed by atoms with Crippen LogP contribution in [0.25, 0.3) is 0 Å². The largest absolute Gasteiger partial charge is 0.379 e. The summed E-state index contributed by atoms with van der Waals surface area (Å²) in [7, 11) is 0. The normalized spacial score (nSPS) is 14.2. The molecule has 0 aromatic rings. The molecule has 0 rings (SSSR count). The minimum absolute atomic E-state index is 0.115. The smallest absolute Gasteiger partial charge is 0.0652 e. The molecule has 0 saturated carbocycles. The Morgan fingerprint density at radius 1 is 0.808 bits per heavy atom. The van der Waals surface area contributed by atoms with Gasteiger partial charge in [0.2, 0.25) is 0 Å². The zero-order valence-corrected chi connectivity index (χ0v) is 18.6. The van der Waals surface area contributed by atoms with Crippen molar-refractivity contribution in [3.8, 4) is 0 Å². The maximum atomic E-state index is 6.33. The number of hydrogen-bond donors (Lipinski definition) is 0. The Hall–Kier alpha value is -0.420.